The van der Waals surface area contributed by atoms with E-state index in [0.717, 1.165) is 4.90 Å². The van der Waals surface area contributed by atoms with Crippen LogP contribution in [0.1, 0.15) is 42.2 Å². The van der Waals surface area contributed by atoms with E-state index in [1.165, 1.54) is 54.6 Å². The average molecular weight is 554 g/mol. The molecule has 4 aromatic rings. The van der Waals surface area contributed by atoms with Crippen molar-refractivity contribution in [2.75, 3.05) is 5.32 Å². The first kappa shape index (κ1) is 26.5. The fraction of sp³-hybridized carbons (Fsp3) is 0.0667. The number of anilines is 1. The number of rotatable bonds is 8. The lowest BCUT2D eigenvalue weighted by molar-refractivity contribution is -0.384. The molecule has 0 bridgehead atoms. The number of hydrogen-bond donors (Lipinski definition) is 1. The highest BCUT2D eigenvalue weighted by atomic mass is 35.5. The topological polar surface area (TPSA) is 127 Å². The number of hydrogen-bond acceptors (Lipinski definition) is 6. The van der Waals surface area contributed by atoms with Gasteiger partial charge in [-0.05, 0) is 35.9 Å². The SMILES string of the molecule is O=C(c1ccccc1)c1cc(NC(=O)C(Cc2ccc([N+](=O)[O-])cc2)N2C(=O)c3ccccc3C2=O)ccc1Cl. The van der Waals surface area contributed by atoms with Crippen molar-refractivity contribution < 1.29 is 24.1 Å². The molecular formula is C30H20ClN3O6. The summed E-state index contributed by atoms with van der Waals surface area (Å²) in [5.74, 6) is -2.28. The lowest BCUT2D eigenvalue weighted by Crippen LogP contribution is -2.48. The smallest absolute Gasteiger partial charge is 0.269 e. The molecule has 0 aliphatic carbocycles. The van der Waals surface area contributed by atoms with Crippen molar-refractivity contribution in [2.45, 2.75) is 12.5 Å². The Bertz CT molecular complexity index is 1640. The van der Waals surface area contributed by atoms with Gasteiger partial charge in [0.15, 0.2) is 5.78 Å². The maximum Gasteiger partial charge on any atom is 0.269 e. The van der Waals surface area contributed by atoms with Crippen molar-refractivity contribution >= 4 is 46.5 Å². The maximum atomic E-state index is 13.7. The molecule has 0 saturated heterocycles. The van der Waals surface area contributed by atoms with E-state index in [0.29, 0.717) is 11.1 Å². The van der Waals surface area contributed by atoms with Crippen LogP contribution in [0, 0.1) is 10.1 Å². The Morgan fingerprint density at radius 3 is 2.05 bits per heavy atom. The van der Waals surface area contributed by atoms with Gasteiger partial charge in [-0.2, -0.15) is 0 Å². The van der Waals surface area contributed by atoms with E-state index < -0.39 is 28.7 Å². The number of carbonyl (C=O) groups is 4. The van der Waals surface area contributed by atoms with Crippen LogP contribution in [-0.2, 0) is 11.2 Å². The molecule has 1 unspecified atom stereocenters. The molecule has 4 aromatic carbocycles. The molecule has 1 heterocycles. The number of carbonyl (C=O) groups excluding carboxylic acids is 4. The Kier molecular flexibility index (Phi) is 7.22. The fourth-order valence-electron chi connectivity index (χ4n) is 4.52. The zero-order valence-electron chi connectivity index (χ0n) is 20.7. The summed E-state index contributed by atoms with van der Waals surface area (Å²) in [4.78, 5) is 64.6. The summed E-state index contributed by atoms with van der Waals surface area (Å²) in [5.41, 5.74) is 1.53. The highest BCUT2D eigenvalue weighted by Gasteiger charge is 2.42. The van der Waals surface area contributed by atoms with Crippen LogP contribution >= 0.6 is 11.6 Å². The Morgan fingerprint density at radius 2 is 1.45 bits per heavy atom. The van der Waals surface area contributed by atoms with Crippen LogP contribution in [0.25, 0.3) is 0 Å². The summed E-state index contributed by atoms with van der Waals surface area (Å²) < 4.78 is 0. The lowest BCUT2D eigenvalue weighted by Gasteiger charge is -2.25. The Morgan fingerprint density at radius 1 is 0.850 bits per heavy atom. The van der Waals surface area contributed by atoms with Gasteiger partial charge in [-0.25, -0.2) is 0 Å². The van der Waals surface area contributed by atoms with E-state index in [4.69, 9.17) is 11.6 Å². The van der Waals surface area contributed by atoms with Crippen LogP contribution in [0.4, 0.5) is 11.4 Å². The minimum Gasteiger partial charge on any atom is -0.324 e. The molecule has 198 valence electrons. The predicted octanol–water partition coefficient (Wildman–Crippen LogP) is 5.33. The molecule has 0 spiro atoms. The second kappa shape index (κ2) is 10.9. The van der Waals surface area contributed by atoms with Crippen molar-refractivity contribution in [3.05, 3.63) is 140 Å². The zero-order valence-corrected chi connectivity index (χ0v) is 21.5. The van der Waals surface area contributed by atoms with E-state index in [9.17, 15) is 29.3 Å². The van der Waals surface area contributed by atoms with Crippen LogP contribution in [0.2, 0.25) is 5.02 Å². The standard InChI is InChI=1S/C30H20ClN3O6/c31-25-15-12-20(17-24(25)27(35)19-6-2-1-3-7-19)32-28(36)26(16-18-10-13-21(14-11-18)34(39)40)33-29(37)22-8-4-5-9-23(22)30(33)38/h1-15,17,26H,16H2,(H,32,36). The number of ketones is 1. The molecule has 1 aliphatic heterocycles. The first-order valence-electron chi connectivity index (χ1n) is 12.1. The summed E-state index contributed by atoms with van der Waals surface area (Å²) in [6.45, 7) is 0. The van der Waals surface area contributed by atoms with Gasteiger partial charge in [-0.1, -0.05) is 66.2 Å². The Hall–Kier alpha value is -5.15. The number of non-ortho nitro benzene ring substituents is 1. The van der Waals surface area contributed by atoms with Crippen molar-refractivity contribution in [3.8, 4) is 0 Å². The van der Waals surface area contributed by atoms with Crippen molar-refractivity contribution in [3.63, 3.8) is 0 Å². The summed E-state index contributed by atoms with van der Waals surface area (Å²) in [5, 5.41) is 14.0. The molecule has 0 fully saturated rings. The van der Waals surface area contributed by atoms with Crippen molar-refractivity contribution in [1.82, 2.24) is 4.90 Å². The average Bonchev–Trinajstić information content (AvgIpc) is 3.22. The molecule has 9 nitrogen and oxygen atoms in total. The number of benzene rings is 4. The maximum absolute atomic E-state index is 13.7. The van der Waals surface area contributed by atoms with Crippen LogP contribution in [0.5, 0.6) is 0 Å². The molecule has 3 amide bonds. The number of nitrogens with zero attached hydrogens (tertiary/aromatic N) is 2. The number of nitrogens with one attached hydrogen (secondary N) is 1. The van der Waals surface area contributed by atoms with E-state index in [-0.39, 0.29) is 45.3 Å². The molecule has 0 saturated carbocycles. The van der Waals surface area contributed by atoms with Crippen molar-refractivity contribution in [2.24, 2.45) is 0 Å². The number of amides is 3. The molecule has 1 atom stereocenters. The number of halogens is 1. The monoisotopic (exact) mass is 553 g/mol. The molecule has 10 heteroatoms. The van der Waals surface area contributed by atoms with Gasteiger partial charge in [-0.15, -0.1) is 0 Å². The van der Waals surface area contributed by atoms with E-state index in [1.54, 1.807) is 42.5 Å². The van der Waals surface area contributed by atoms with Gasteiger partial charge in [-0.3, -0.25) is 34.2 Å². The highest BCUT2D eigenvalue weighted by Crippen LogP contribution is 2.28. The third kappa shape index (κ3) is 5.10. The first-order chi connectivity index (χ1) is 19.2. The van der Waals surface area contributed by atoms with Crippen LogP contribution in [0.15, 0.2) is 97.1 Å². The van der Waals surface area contributed by atoms with Crippen LogP contribution in [-0.4, -0.2) is 39.4 Å². The second-order valence-electron chi connectivity index (χ2n) is 9.05. The van der Waals surface area contributed by atoms with E-state index >= 15 is 0 Å². The van der Waals surface area contributed by atoms with Gasteiger partial charge in [0.1, 0.15) is 6.04 Å². The van der Waals surface area contributed by atoms with Gasteiger partial charge in [0, 0.05) is 35.4 Å². The van der Waals surface area contributed by atoms with Crippen LogP contribution < -0.4 is 5.32 Å². The van der Waals surface area contributed by atoms with E-state index in [1.807, 2.05) is 0 Å². The van der Waals surface area contributed by atoms with Gasteiger partial charge >= 0.3 is 0 Å². The normalized spacial score (nSPS) is 13.1. The quantitative estimate of drug-likeness (QED) is 0.136. The lowest BCUT2D eigenvalue weighted by atomic mass is 10.0. The summed E-state index contributed by atoms with van der Waals surface area (Å²) in [7, 11) is 0. The molecule has 1 N–H and O–H groups in total. The number of fused-ring (bicyclic) bond motifs is 1. The Balaban J connectivity index is 1.47. The molecule has 0 aromatic heterocycles. The third-order valence-electron chi connectivity index (χ3n) is 6.53. The summed E-state index contributed by atoms with van der Waals surface area (Å²) in [6.07, 6.45) is -0.0985. The summed E-state index contributed by atoms with van der Waals surface area (Å²) >= 11 is 6.30. The van der Waals surface area contributed by atoms with Gasteiger partial charge in [0.05, 0.1) is 21.1 Å². The third-order valence-corrected chi connectivity index (χ3v) is 6.86. The van der Waals surface area contributed by atoms with E-state index in [2.05, 4.69) is 5.32 Å². The minimum absolute atomic E-state index is 0.0985. The highest BCUT2D eigenvalue weighted by molar-refractivity contribution is 6.35. The number of nitro benzene ring substituents is 1. The van der Waals surface area contributed by atoms with Crippen LogP contribution in [0.3, 0.4) is 0 Å². The summed E-state index contributed by atoms with van der Waals surface area (Å²) in [6, 6.07) is 23.4. The number of nitro groups is 1. The second-order valence-corrected chi connectivity index (χ2v) is 9.46. The fourth-order valence-corrected chi connectivity index (χ4v) is 4.72. The Labute approximate surface area is 233 Å². The predicted molar refractivity (Wildman–Crippen MR) is 147 cm³/mol. The molecule has 5 rings (SSSR count). The first-order valence-corrected chi connectivity index (χ1v) is 12.5. The molecule has 0 radical (unpaired) electrons. The minimum atomic E-state index is -1.29. The van der Waals surface area contributed by atoms with Gasteiger partial charge in [0.2, 0.25) is 5.91 Å². The van der Waals surface area contributed by atoms with Crippen molar-refractivity contribution in [1.29, 1.82) is 0 Å². The number of imide groups is 1. The molecular weight excluding hydrogens is 534 g/mol. The molecule has 1 aliphatic rings. The largest absolute Gasteiger partial charge is 0.324 e. The van der Waals surface area contributed by atoms with Gasteiger partial charge in [0.25, 0.3) is 17.5 Å². The molecule has 40 heavy (non-hydrogen) atoms. The zero-order chi connectivity index (χ0) is 28.4. The van der Waals surface area contributed by atoms with Gasteiger partial charge < -0.3 is 5.32 Å².